The molecule has 4 nitrogen and oxygen atoms in total. The average Bonchev–Trinajstić information content (AvgIpc) is 3.62. The fourth-order valence-electron chi connectivity index (χ4n) is 8.43. The van der Waals surface area contributed by atoms with Crippen molar-refractivity contribution in [3.8, 4) is 33.8 Å². The van der Waals surface area contributed by atoms with E-state index in [2.05, 4.69) is 136 Å². The van der Waals surface area contributed by atoms with E-state index in [9.17, 15) is 0 Å². The zero-order valence-corrected chi connectivity index (χ0v) is 40.2. The Bertz CT molecular complexity index is 2440. The van der Waals surface area contributed by atoms with Gasteiger partial charge >= 0.3 is 163 Å². The third kappa shape index (κ3) is 9.75. The van der Waals surface area contributed by atoms with Crippen molar-refractivity contribution in [1.29, 1.82) is 0 Å². The van der Waals surface area contributed by atoms with Gasteiger partial charge in [0, 0.05) is 37.3 Å². The second-order valence-corrected chi connectivity index (χ2v) is 28.3. The van der Waals surface area contributed by atoms with Gasteiger partial charge in [0.15, 0.2) is 0 Å². The first-order valence-corrected chi connectivity index (χ1v) is 28.6. The Kier molecular flexibility index (Phi) is 14.3. The summed E-state index contributed by atoms with van der Waals surface area (Å²) in [5, 5.41) is 2.05. The first kappa shape index (κ1) is 43.7. The third-order valence-electron chi connectivity index (χ3n) is 12.2. The molecule has 0 saturated heterocycles. The monoisotopic (exact) mass is 1010 g/mol. The maximum atomic E-state index is 6.30. The Labute approximate surface area is 363 Å². The Balaban J connectivity index is 0.000000195. The number of benzene rings is 3. The SMILES string of the molecule is CC(C)Cc1cc(-c2[c-]ccc(C3CCCCC3)c2)nc[c]1[Ge]([CH3])([CH3])[CH3].CCC(C)(CC)c1ccnc(-c2[c-]ccc3c2oc2nc(-c4ccccc4)ccc23)c1.[Ir]. The number of furan rings is 1. The van der Waals surface area contributed by atoms with E-state index < -0.39 is 13.3 Å². The van der Waals surface area contributed by atoms with E-state index in [0.29, 0.717) is 11.6 Å². The molecule has 1 saturated carbocycles. The molecule has 1 aliphatic rings. The summed E-state index contributed by atoms with van der Waals surface area (Å²) in [6.45, 7) is 11.4. The molecule has 3 aromatic carbocycles. The molecular formula is C52H59GeIrN3O-2. The molecule has 7 aromatic rings. The Hall–Kier alpha value is -3.90. The van der Waals surface area contributed by atoms with E-state index in [0.717, 1.165) is 69.7 Å². The summed E-state index contributed by atoms with van der Waals surface area (Å²) in [5.41, 5.74) is 11.9. The van der Waals surface area contributed by atoms with Crippen LogP contribution in [0.15, 0.2) is 108 Å². The molecule has 0 unspecified atom stereocenters. The van der Waals surface area contributed by atoms with Crippen LogP contribution in [0, 0.1) is 18.1 Å². The molecular weight excluding hydrogens is 947 g/mol. The van der Waals surface area contributed by atoms with Gasteiger partial charge in [0.05, 0.1) is 11.3 Å². The molecule has 6 heteroatoms. The maximum Gasteiger partial charge on any atom is 0.216 e. The normalized spacial score (nSPS) is 13.7. The molecule has 4 heterocycles. The van der Waals surface area contributed by atoms with Crippen LogP contribution in [-0.2, 0) is 31.9 Å². The summed E-state index contributed by atoms with van der Waals surface area (Å²) >= 11 is -1.91. The molecule has 8 rings (SSSR count). The number of rotatable bonds is 10. The quantitative estimate of drug-likeness (QED) is 0.101. The van der Waals surface area contributed by atoms with Crippen LogP contribution < -0.4 is 4.40 Å². The van der Waals surface area contributed by atoms with Gasteiger partial charge in [-0.25, -0.2) is 4.98 Å². The molecule has 0 bridgehead atoms. The van der Waals surface area contributed by atoms with Gasteiger partial charge in [-0.05, 0) is 47.7 Å². The summed E-state index contributed by atoms with van der Waals surface area (Å²) < 4.78 is 7.86. The summed E-state index contributed by atoms with van der Waals surface area (Å²) in [6, 6.07) is 38.5. The van der Waals surface area contributed by atoms with Gasteiger partial charge in [-0.15, -0.1) is 18.2 Å². The average molecular weight is 1010 g/mol. The largest absolute Gasteiger partial charge is 0.486 e. The van der Waals surface area contributed by atoms with Crippen molar-refractivity contribution in [2.75, 3.05) is 0 Å². The van der Waals surface area contributed by atoms with E-state index in [4.69, 9.17) is 14.4 Å². The van der Waals surface area contributed by atoms with Crippen LogP contribution in [0.4, 0.5) is 0 Å². The Morgan fingerprint density at radius 3 is 2.24 bits per heavy atom. The molecule has 303 valence electrons. The summed E-state index contributed by atoms with van der Waals surface area (Å²) in [5.74, 6) is 8.81. The molecule has 58 heavy (non-hydrogen) atoms. The smallest absolute Gasteiger partial charge is 0.216 e. The molecule has 0 atom stereocenters. The Morgan fingerprint density at radius 2 is 1.53 bits per heavy atom. The van der Waals surface area contributed by atoms with E-state index in [1.165, 1.54) is 54.4 Å². The summed E-state index contributed by atoms with van der Waals surface area (Å²) in [4.78, 5) is 14.4. The molecule has 1 aliphatic carbocycles. The number of fused-ring (bicyclic) bond motifs is 3. The minimum absolute atomic E-state index is 0. The van der Waals surface area contributed by atoms with E-state index in [1.54, 1.807) is 4.40 Å². The number of nitrogens with zero attached hydrogens (tertiary/aromatic N) is 3. The van der Waals surface area contributed by atoms with Crippen molar-refractivity contribution in [3.63, 3.8) is 0 Å². The fourth-order valence-corrected chi connectivity index (χ4v) is 11.8. The number of hydrogen-bond donors (Lipinski definition) is 0. The first-order valence-electron chi connectivity index (χ1n) is 21.2. The van der Waals surface area contributed by atoms with Crippen LogP contribution in [0.1, 0.15) is 102 Å². The van der Waals surface area contributed by atoms with Crippen molar-refractivity contribution in [1.82, 2.24) is 15.0 Å². The minimum Gasteiger partial charge on any atom is -0.486 e. The van der Waals surface area contributed by atoms with E-state index >= 15 is 0 Å². The molecule has 1 fully saturated rings. The van der Waals surface area contributed by atoms with Crippen molar-refractivity contribution >= 4 is 39.7 Å². The minimum atomic E-state index is -1.91. The van der Waals surface area contributed by atoms with Crippen molar-refractivity contribution in [2.24, 2.45) is 5.92 Å². The molecule has 0 aliphatic heterocycles. The van der Waals surface area contributed by atoms with E-state index in [-0.39, 0.29) is 25.5 Å². The zero-order valence-electron chi connectivity index (χ0n) is 35.7. The van der Waals surface area contributed by atoms with Crippen LogP contribution in [0.5, 0.6) is 0 Å². The topological polar surface area (TPSA) is 51.8 Å². The summed E-state index contributed by atoms with van der Waals surface area (Å²) in [6.07, 6.45) is 14.2. The molecule has 0 N–H and O–H groups in total. The number of aromatic nitrogens is 3. The fraction of sp³-hybridized carbons (Fsp3) is 0.365. The van der Waals surface area contributed by atoms with Crippen LogP contribution >= 0.6 is 0 Å². The van der Waals surface area contributed by atoms with Gasteiger partial charge in [0.25, 0.3) is 0 Å². The van der Waals surface area contributed by atoms with Crippen molar-refractivity contribution < 1.29 is 24.5 Å². The van der Waals surface area contributed by atoms with Crippen molar-refractivity contribution in [2.45, 2.75) is 115 Å². The standard InChI is InChI=1S/C28H25N2O.C24H34GeN.Ir/c1-4-28(3,5-2)20-16-17-29-25(18-20)23-13-9-12-21-22-14-15-24(19-10-7-6-8-11-19)30-27(22)31-26(21)23;1-18(2)14-22-16-24(26-17-23(22)25(3,4)5)21-13-9-12-20(15-21)19-10-7-6-8-11-19;/h6-12,14-18H,4-5H2,1-3H3;9,12,15-19H,6-8,10-11,14H2,1-5H3;/q2*-1;. The van der Waals surface area contributed by atoms with E-state index in [1.807, 2.05) is 36.5 Å². The van der Waals surface area contributed by atoms with Crippen LogP contribution in [-0.4, -0.2) is 28.2 Å². The van der Waals surface area contributed by atoms with Gasteiger partial charge in [-0.1, -0.05) is 68.1 Å². The predicted molar refractivity (Wildman–Crippen MR) is 243 cm³/mol. The van der Waals surface area contributed by atoms with Crippen LogP contribution in [0.3, 0.4) is 0 Å². The second-order valence-electron chi connectivity index (χ2n) is 17.8. The van der Waals surface area contributed by atoms with Crippen molar-refractivity contribution in [3.05, 3.63) is 132 Å². The molecule has 0 amide bonds. The van der Waals surface area contributed by atoms with Crippen LogP contribution in [0.2, 0.25) is 17.3 Å². The van der Waals surface area contributed by atoms with Gasteiger partial charge < -0.3 is 9.40 Å². The predicted octanol–water partition coefficient (Wildman–Crippen LogP) is 13.9. The van der Waals surface area contributed by atoms with Gasteiger partial charge in [0.2, 0.25) is 5.71 Å². The van der Waals surface area contributed by atoms with Gasteiger partial charge in [-0.3, -0.25) is 0 Å². The first-order chi connectivity index (χ1) is 27.5. The number of pyridine rings is 3. The second kappa shape index (κ2) is 19.0. The molecule has 1 radical (unpaired) electrons. The number of hydrogen-bond acceptors (Lipinski definition) is 4. The zero-order chi connectivity index (χ0) is 40.2. The Morgan fingerprint density at radius 1 is 0.793 bits per heavy atom. The molecule has 0 spiro atoms. The summed E-state index contributed by atoms with van der Waals surface area (Å²) in [7, 11) is 0. The maximum absolute atomic E-state index is 6.30. The third-order valence-corrected chi connectivity index (χ3v) is 16.6. The van der Waals surface area contributed by atoms with Crippen LogP contribution in [0.25, 0.3) is 55.8 Å². The van der Waals surface area contributed by atoms with Gasteiger partial charge in [0.1, 0.15) is 0 Å². The van der Waals surface area contributed by atoms with Gasteiger partial charge in [-0.2, -0.15) is 0 Å². The molecule has 4 aromatic heterocycles.